The summed E-state index contributed by atoms with van der Waals surface area (Å²) < 4.78 is 1.95. The van der Waals surface area contributed by atoms with E-state index in [1.165, 1.54) is 0 Å². The average molecular weight is 244 g/mol. The van der Waals surface area contributed by atoms with E-state index in [2.05, 4.69) is 4.98 Å². The Morgan fingerprint density at radius 2 is 2.22 bits per heavy atom. The van der Waals surface area contributed by atoms with Crippen molar-refractivity contribution in [3.05, 3.63) is 24.5 Å². The Morgan fingerprint density at radius 1 is 1.50 bits per heavy atom. The highest BCUT2D eigenvalue weighted by atomic mass is 16.2. The lowest BCUT2D eigenvalue weighted by Gasteiger charge is -2.21. The molecule has 94 valence electrons. The van der Waals surface area contributed by atoms with E-state index in [1.807, 2.05) is 29.8 Å². The first-order valence-corrected chi connectivity index (χ1v) is 5.99. The Balaban J connectivity index is 1.96. The van der Waals surface area contributed by atoms with Gasteiger partial charge in [0.15, 0.2) is 0 Å². The number of aromatic nitrogens is 2. The zero-order valence-corrected chi connectivity index (χ0v) is 10.6. The third kappa shape index (κ3) is 1.59. The van der Waals surface area contributed by atoms with Crippen molar-refractivity contribution in [2.75, 3.05) is 11.9 Å². The van der Waals surface area contributed by atoms with Gasteiger partial charge in [-0.2, -0.15) is 0 Å². The second-order valence-corrected chi connectivity index (χ2v) is 5.05. The number of aryl methyl sites for hydroxylation is 1. The van der Waals surface area contributed by atoms with Gasteiger partial charge in [0.1, 0.15) is 0 Å². The smallest absolute Gasteiger partial charge is 0.246 e. The molecule has 1 saturated carbocycles. The van der Waals surface area contributed by atoms with Gasteiger partial charge in [0.2, 0.25) is 5.91 Å². The van der Waals surface area contributed by atoms with Crippen LogP contribution in [0.1, 0.15) is 12.8 Å². The third-order valence-electron chi connectivity index (χ3n) is 3.62. The van der Waals surface area contributed by atoms with Crippen LogP contribution in [0.3, 0.4) is 0 Å². The van der Waals surface area contributed by atoms with Crippen molar-refractivity contribution in [1.82, 2.24) is 9.55 Å². The number of benzene rings is 1. The topological polar surface area (TPSA) is 64.2 Å². The predicted molar refractivity (Wildman–Crippen MR) is 70.3 cm³/mol. The molecule has 0 bridgehead atoms. The zero-order chi connectivity index (χ0) is 12.9. The highest BCUT2D eigenvalue weighted by molar-refractivity contribution is 6.02. The Labute approximate surface area is 105 Å². The van der Waals surface area contributed by atoms with Crippen LogP contribution in [0.15, 0.2) is 24.5 Å². The summed E-state index contributed by atoms with van der Waals surface area (Å²) in [5, 5.41) is 0. The fourth-order valence-corrected chi connectivity index (χ4v) is 2.13. The SMILES string of the molecule is CN(C(=O)C1(N)CC1)c1ccc2c(c1)ncn2C. The van der Waals surface area contributed by atoms with Crippen LogP contribution in [0.5, 0.6) is 0 Å². The Bertz CT molecular complexity index is 627. The molecule has 0 spiro atoms. The van der Waals surface area contributed by atoms with Crippen LogP contribution in [-0.2, 0) is 11.8 Å². The zero-order valence-electron chi connectivity index (χ0n) is 10.6. The molecule has 5 nitrogen and oxygen atoms in total. The minimum absolute atomic E-state index is 0.0159. The van der Waals surface area contributed by atoms with Gasteiger partial charge in [-0.25, -0.2) is 4.98 Å². The Kier molecular flexibility index (Phi) is 2.22. The van der Waals surface area contributed by atoms with Gasteiger partial charge in [0, 0.05) is 19.8 Å². The van der Waals surface area contributed by atoms with Crippen LogP contribution in [0.25, 0.3) is 11.0 Å². The van der Waals surface area contributed by atoms with Gasteiger partial charge in [0.25, 0.3) is 0 Å². The van der Waals surface area contributed by atoms with Gasteiger partial charge >= 0.3 is 0 Å². The second-order valence-electron chi connectivity index (χ2n) is 5.05. The summed E-state index contributed by atoms with van der Waals surface area (Å²) in [5.41, 5.74) is 8.07. The summed E-state index contributed by atoms with van der Waals surface area (Å²) in [5.74, 6) is -0.0159. The van der Waals surface area contributed by atoms with E-state index in [0.717, 1.165) is 29.6 Å². The van der Waals surface area contributed by atoms with Gasteiger partial charge in [-0.3, -0.25) is 4.79 Å². The number of nitrogens with two attached hydrogens (primary N) is 1. The first-order valence-electron chi connectivity index (χ1n) is 5.99. The minimum Gasteiger partial charge on any atom is -0.334 e. The molecule has 18 heavy (non-hydrogen) atoms. The molecule has 1 aromatic carbocycles. The maximum atomic E-state index is 12.1. The lowest BCUT2D eigenvalue weighted by atomic mass is 10.2. The molecule has 0 atom stereocenters. The van der Waals surface area contributed by atoms with Crippen molar-refractivity contribution < 1.29 is 4.79 Å². The summed E-state index contributed by atoms with van der Waals surface area (Å²) in [6.45, 7) is 0. The lowest BCUT2D eigenvalue weighted by Crippen LogP contribution is -2.43. The number of anilines is 1. The van der Waals surface area contributed by atoms with E-state index >= 15 is 0 Å². The molecule has 2 N–H and O–H groups in total. The van der Waals surface area contributed by atoms with Crippen molar-refractivity contribution in [2.24, 2.45) is 12.8 Å². The molecule has 1 aliphatic carbocycles. The van der Waals surface area contributed by atoms with Crippen LogP contribution >= 0.6 is 0 Å². The normalized spacial score (nSPS) is 16.8. The van der Waals surface area contributed by atoms with E-state index in [4.69, 9.17) is 5.73 Å². The number of imidazole rings is 1. The van der Waals surface area contributed by atoms with Crippen molar-refractivity contribution >= 4 is 22.6 Å². The molecule has 1 aliphatic rings. The fraction of sp³-hybridized carbons (Fsp3) is 0.385. The number of hydrogen-bond donors (Lipinski definition) is 1. The molecule has 2 aromatic rings. The summed E-state index contributed by atoms with van der Waals surface area (Å²) in [4.78, 5) is 18.1. The molecule has 1 heterocycles. The number of rotatable bonds is 2. The predicted octanol–water partition coefficient (Wildman–Crippen LogP) is 1.03. The van der Waals surface area contributed by atoms with E-state index in [9.17, 15) is 4.79 Å². The summed E-state index contributed by atoms with van der Waals surface area (Å²) >= 11 is 0. The maximum Gasteiger partial charge on any atom is 0.246 e. The van der Waals surface area contributed by atoms with Crippen LogP contribution in [-0.4, -0.2) is 28.0 Å². The van der Waals surface area contributed by atoms with Crippen LogP contribution in [0.2, 0.25) is 0 Å². The number of hydrogen-bond acceptors (Lipinski definition) is 3. The monoisotopic (exact) mass is 244 g/mol. The standard InChI is InChI=1S/C13H16N4O/c1-16-8-15-10-7-9(3-4-11(10)16)17(2)12(18)13(14)5-6-13/h3-4,7-8H,5-6,14H2,1-2H3. The number of nitrogens with zero attached hydrogens (tertiary/aromatic N) is 3. The Morgan fingerprint density at radius 3 is 2.89 bits per heavy atom. The Hall–Kier alpha value is -1.88. The van der Waals surface area contributed by atoms with Gasteiger partial charge in [0.05, 0.1) is 22.9 Å². The maximum absolute atomic E-state index is 12.1. The molecule has 1 amide bonds. The molecule has 0 radical (unpaired) electrons. The van der Waals surface area contributed by atoms with Crippen LogP contribution < -0.4 is 10.6 Å². The van der Waals surface area contributed by atoms with E-state index in [1.54, 1.807) is 18.3 Å². The molecule has 5 heteroatoms. The van der Waals surface area contributed by atoms with Crippen LogP contribution in [0.4, 0.5) is 5.69 Å². The number of carbonyl (C=O) groups is 1. The minimum atomic E-state index is -0.631. The molecule has 0 saturated heterocycles. The first kappa shape index (κ1) is 11.2. The first-order chi connectivity index (χ1) is 8.51. The molecule has 3 rings (SSSR count). The third-order valence-corrected chi connectivity index (χ3v) is 3.62. The molecular formula is C13H16N4O. The van der Waals surface area contributed by atoms with Crippen molar-refractivity contribution in [1.29, 1.82) is 0 Å². The highest BCUT2D eigenvalue weighted by Crippen LogP contribution is 2.35. The summed E-state index contributed by atoms with van der Waals surface area (Å²) in [6.07, 6.45) is 3.32. The molecule has 0 unspecified atom stereocenters. The fourth-order valence-electron chi connectivity index (χ4n) is 2.13. The van der Waals surface area contributed by atoms with Crippen molar-refractivity contribution in [3.63, 3.8) is 0 Å². The van der Waals surface area contributed by atoms with Crippen molar-refractivity contribution in [2.45, 2.75) is 18.4 Å². The number of likely N-dealkylation sites (N-methyl/N-ethyl adjacent to an activating group) is 1. The number of carbonyl (C=O) groups excluding carboxylic acids is 1. The quantitative estimate of drug-likeness (QED) is 0.858. The van der Waals surface area contributed by atoms with E-state index < -0.39 is 5.54 Å². The number of amides is 1. The van der Waals surface area contributed by atoms with Crippen molar-refractivity contribution in [3.8, 4) is 0 Å². The average Bonchev–Trinajstić information content (AvgIpc) is 3.02. The number of fused-ring (bicyclic) bond motifs is 1. The van der Waals surface area contributed by atoms with Gasteiger partial charge in [-0.15, -0.1) is 0 Å². The van der Waals surface area contributed by atoms with Gasteiger partial charge in [-0.05, 0) is 31.0 Å². The molecule has 1 aromatic heterocycles. The summed E-state index contributed by atoms with van der Waals surface area (Å²) in [6, 6.07) is 5.81. The lowest BCUT2D eigenvalue weighted by molar-refractivity contribution is -0.120. The molecule has 1 fully saturated rings. The largest absolute Gasteiger partial charge is 0.334 e. The second kappa shape index (κ2) is 3.55. The molecular weight excluding hydrogens is 228 g/mol. The van der Waals surface area contributed by atoms with E-state index in [0.29, 0.717) is 0 Å². The van der Waals surface area contributed by atoms with E-state index in [-0.39, 0.29) is 5.91 Å². The van der Waals surface area contributed by atoms with Crippen LogP contribution in [0, 0.1) is 0 Å². The van der Waals surface area contributed by atoms with Gasteiger partial charge in [-0.1, -0.05) is 0 Å². The van der Waals surface area contributed by atoms with Gasteiger partial charge < -0.3 is 15.2 Å². The highest BCUT2D eigenvalue weighted by Gasteiger charge is 2.47. The summed E-state index contributed by atoms with van der Waals surface area (Å²) in [7, 11) is 3.71. The molecule has 0 aliphatic heterocycles.